The largest absolute Gasteiger partial charge is 0.489 e. The quantitative estimate of drug-likeness (QED) is 0.914. The first-order valence-electron chi connectivity index (χ1n) is 7.90. The molecule has 3 rings (SSSR count). The average Bonchev–Trinajstić information content (AvgIpc) is 2.85. The third-order valence-electron chi connectivity index (χ3n) is 4.28. The molecule has 5 heteroatoms. The second-order valence-corrected chi connectivity index (χ2v) is 6.67. The Bertz CT molecular complexity index is 640. The van der Waals surface area contributed by atoms with E-state index in [0.717, 1.165) is 41.5 Å². The molecule has 2 aromatic rings. The summed E-state index contributed by atoms with van der Waals surface area (Å²) in [5.41, 5.74) is 8.27. The Morgan fingerprint density at radius 1 is 1.35 bits per heavy atom. The first kappa shape index (κ1) is 16.2. The van der Waals surface area contributed by atoms with Gasteiger partial charge in [-0.25, -0.2) is 0 Å². The van der Waals surface area contributed by atoms with Gasteiger partial charge in [0.2, 0.25) is 0 Å². The van der Waals surface area contributed by atoms with Crippen LogP contribution in [0.3, 0.4) is 0 Å². The average molecular weight is 332 g/mol. The molecule has 2 atom stereocenters. The van der Waals surface area contributed by atoms with Crippen molar-refractivity contribution in [2.75, 3.05) is 13.1 Å². The third kappa shape index (κ3) is 4.22. The fourth-order valence-electron chi connectivity index (χ4n) is 2.92. The topological polar surface area (TPSA) is 51.4 Å². The van der Waals surface area contributed by atoms with Crippen molar-refractivity contribution in [2.45, 2.75) is 26.1 Å². The van der Waals surface area contributed by atoms with E-state index >= 15 is 0 Å². The highest BCUT2D eigenvalue weighted by atomic mass is 35.5. The number of pyridine rings is 1. The minimum Gasteiger partial charge on any atom is -0.489 e. The van der Waals surface area contributed by atoms with Crippen LogP contribution in [0.2, 0.25) is 5.02 Å². The van der Waals surface area contributed by atoms with Crippen LogP contribution in [0.4, 0.5) is 0 Å². The van der Waals surface area contributed by atoms with Crippen molar-refractivity contribution in [2.24, 2.45) is 11.7 Å². The van der Waals surface area contributed by atoms with Crippen molar-refractivity contribution < 1.29 is 4.74 Å². The lowest BCUT2D eigenvalue weighted by Gasteiger charge is -2.18. The fourth-order valence-corrected chi connectivity index (χ4v) is 3.12. The van der Waals surface area contributed by atoms with E-state index in [1.807, 2.05) is 36.5 Å². The van der Waals surface area contributed by atoms with Crippen molar-refractivity contribution in [1.29, 1.82) is 0 Å². The van der Waals surface area contributed by atoms with E-state index in [2.05, 4.69) is 16.8 Å². The Hall–Kier alpha value is -1.62. The van der Waals surface area contributed by atoms with E-state index in [1.165, 1.54) is 0 Å². The predicted molar refractivity (Wildman–Crippen MR) is 92.4 cm³/mol. The summed E-state index contributed by atoms with van der Waals surface area (Å²) in [6.07, 6.45) is 3.58. The molecule has 0 saturated carbocycles. The lowest BCUT2D eigenvalue weighted by atomic mass is 10.1. The van der Waals surface area contributed by atoms with Gasteiger partial charge in [0.1, 0.15) is 12.4 Å². The number of rotatable bonds is 5. The molecule has 4 nitrogen and oxygen atoms in total. The molecule has 2 unspecified atom stereocenters. The van der Waals surface area contributed by atoms with Gasteiger partial charge in [-0.05, 0) is 30.2 Å². The Kier molecular flexibility index (Phi) is 5.16. The summed E-state index contributed by atoms with van der Waals surface area (Å²) in [7, 11) is 0. The number of nitrogens with zero attached hydrogens (tertiary/aromatic N) is 2. The molecule has 23 heavy (non-hydrogen) atoms. The molecule has 1 aliphatic rings. The summed E-state index contributed by atoms with van der Waals surface area (Å²) >= 11 is 6.17. The molecule has 0 radical (unpaired) electrons. The van der Waals surface area contributed by atoms with Crippen molar-refractivity contribution in [1.82, 2.24) is 9.88 Å². The normalized spacial score (nSPS) is 21.5. The monoisotopic (exact) mass is 331 g/mol. The first-order chi connectivity index (χ1) is 11.1. The molecule has 1 aromatic heterocycles. The summed E-state index contributed by atoms with van der Waals surface area (Å²) in [6, 6.07) is 9.94. The Balaban J connectivity index is 1.70. The Morgan fingerprint density at radius 3 is 2.91 bits per heavy atom. The highest BCUT2D eigenvalue weighted by Gasteiger charge is 2.27. The molecule has 1 fully saturated rings. The molecular weight excluding hydrogens is 310 g/mol. The SMILES string of the molecule is CC1CN(Cc2cc(Cl)ccc2OCc2cccnc2)CC1N. The lowest BCUT2D eigenvalue weighted by molar-refractivity contribution is 0.282. The van der Waals surface area contributed by atoms with Crippen molar-refractivity contribution in [3.05, 3.63) is 58.9 Å². The van der Waals surface area contributed by atoms with E-state index in [0.29, 0.717) is 12.5 Å². The summed E-state index contributed by atoms with van der Waals surface area (Å²) < 4.78 is 5.99. The van der Waals surface area contributed by atoms with Crippen LogP contribution >= 0.6 is 11.6 Å². The number of benzene rings is 1. The van der Waals surface area contributed by atoms with Crippen LogP contribution in [0.1, 0.15) is 18.1 Å². The maximum Gasteiger partial charge on any atom is 0.124 e. The number of aromatic nitrogens is 1. The van der Waals surface area contributed by atoms with E-state index in [-0.39, 0.29) is 6.04 Å². The van der Waals surface area contributed by atoms with Crippen LogP contribution in [0.25, 0.3) is 0 Å². The molecule has 2 N–H and O–H groups in total. The molecule has 1 aromatic carbocycles. The van der Waals surface area contributed by atoms with Gasteiger partial charge in [-0.1, -0.05) is 24.6 Å². The van der Waals surface area contributed by atoms with Crippen molar-refractivity contribution in [3.63, 3.8) is 0 Å². The van der Waals surface area contributed by atoms with Crippen molar-refractivity contribution in [3.8, 4) is 5.75 Å². The number of likely N-dealkylation sites (tertiary alicyclic amines) is 1. The van der Waals surface area contributed by atoms with Gasteiger partial charge in [0.15, 0.2) is 0 Å². The molecule has 1 saturated heterocycles. The minimum absolute atomic E-state index is 0.244. The summed E-state index contributed by atoms with van der Waals surface area (Å²) in [5.74, 6) is 1.39. The van der Waals surface area contributed by atoms with Gasteiger partial charge in [0.05, 0.1) is 0 Å². The van der Waals surface area contributed by atoms with E-state index < -0.39 is 0 Å². The second-order valence-electron chi connectivity index (χ2n) is 6.24. The zero-order valence-corrected chi connectivity index (χ0v) is 14.0. The zero-order chi connectivity index (χ0) is 16.2. The van der Waals surface area contributed by atoms with E-state index in [9.17, 15) is 0 Å². The fraction of sp³-hybridized carbons (Fsp3) is 0.389. The van der Waals surface area contributed by atoms with E-state index in [1.54, 1.807) is 6.20 Å². The Labute approximate surface area is 142 Å². The third-order valence-corrected chi connectivity index (χ3v) is 4.51. The van der Waals surface area contributed by atoms with Gasteiger partial charge in [-0.2, -0.15) is 0 Å². The molecule has 1 aliphatic heterocycles. The van der Waals surface area contributed by atoms with Crippen LogP contribution in [-0.2, 0) is 13.2 Å². The van der Waals surface area contributed by atoms with Gasteiger partial charge in [-0.3, -0.25) is 9.88 Å². The summed E-state index contributed by atoms with van der Waals surface area (Å²) in [6.45, 7) is 5.42. The molecule has 0 aliphatic carbocycles. The molecule has 122 valence electrons. The van der Waals surface area contributed by atoms with E-state index in [4.69, 9.17) is 22.1 Å². The van der Waals surface area contributed by atoms with Gasteiger partial charge in [0, 0.05) is 54.2 Å². The highest BCUT2D eigenvalue weighted by Crippen LogP contribution is 2.27. The maximum atomic E-state index is 6.17. The number of hydrogen-bond acceptors (Lipinski definition) is 4. The zero-order valence-electron chi connectivity index (χ0n) is 13.3. The maximum absolute atomic E-state index is 6.17. The smallest absolute Gasteiger partial charge is 0.124 e. The van der Waals surface area contributed by atoms with Gasteiger partial charge >= 0.3 is 0 Å². The summed E-state index contributed by atoms with van der Waals surface area (Å²) in [4.78, 5) is 6.47. The Morgan fingerprint density at radius 2 is 2.22 bits per heavy atom. The molecule has 2 heterocycles. The van der Waals surface area contributed by atoms with Crippen LogP contribution in [-0.4, -0.2) is 29.0 Å². The molecule has 0 bridgehead atoms. The van der Waals surface area contributed by atoms with Gasteiger partial charge < -0.3 is 10.5 Å². The molecule has 0 spiro atoms. The molecule has 0 amide bonds. The standard InChI is InChI=1S/C18H22ClN3O/c1-13-9-22(11-17(13)20)10-15-7-16(19)4-5-18(15)23-12-14-3-2-6-21-8-14/h2-8,13,17H,9-12,20H2,1H3. The predicted octanol–water partition coefficient (Wildman–Crippen LogP) is 3.09. The van der Waals surface area contributed by atoms with Crippen molar-refractivity contribution >= 4 is 11.6 Å². The summed E-state index contributed by atoms with van der Waals surface area (Å²) in [5, 5.41) is 0.727. The number of halogens is 1. The second kappa shape index (κ2) is 7.30. The van der Waals surface area contributed by atoms with Crippen LogP contribution in [0.5, 0.6) is 5.75 Å². The van der Waals surface area contributed by atoms with Crippen LogP contribution in [0.15, 0.2) is 42.7 Å². The van der Waals surface area contributed by atoms with Gasteiger partial charge in [0.25, 0.3) is 0 Å². The highest BCUT2D eigenvalue weighted by molar-refractivity contribution is 6.30. The number of ether oxygens (including phenoxy) is 1. The number of hydrogen-bond donors (Lipinski definition) is 1. The first-order valence-corrected chi connectivity index (χ1v) is 8.27. The van der Waals surface area contributed by atoms with Gasteiger partial charge in [-0.15, -0.1) is 0 Å². The number of nitrogens with two attached hydrogens (primary N) is 1. The van der Waals surface area contributed by atoms with Crippen LogP contribution < -0.4 is 10.5 Å². The van der Waals surface area contributed by atoms with Crippen LogP contribution in [0, 0.1) is 5.92 Å². The molecular formula is C18H22ClN3O. The minimum atomic E-state index is 0.244. The lowest BCUT2D eigenvalue weighted by Crippen LogP contribution is -2.28.